The first-order valence-electron chi connectivity index (χ1n) is 10.0. The van der Waals surface area contributed by atoms with Crippen molar-refractivity contribution >= 4 is 28.3 Å². The van der Waals surface area contributed by atoms with Gasteiger partial charge in [-0.05, 0) is 25.0 Å². The summed E-state index contributed by atoms with van der Waals surface area (Å²) in [6.07, 6.45) is 2.44. The Balaban J connectivity index is 1.38. The number of aromatic nitrogens is 2. The van der Waals surface area contributed by atoms with E-state index in [9.17, 15) is 13.7 Å². The van der Waals surface area contributed by atoms with E-state index >= 15 is 0 Å². The van der Waals surface area contributed by atoms with Gasteiger partial charge in [0.1, 0.15) is 16.5 Å². The molecule has 1 saturated heterocycles. The van der Waals surface area contributed by atoms with Crippen LogP contribution in [0, 0.1) is 5.82 Å². The van der Waals surface area contributed by atoms with Crippen LogP contribution in [0.5, 0.6) is 0 Å². The molecule has 9 heteroatoms. The molecule has 1 aromatic heterocycles. The summed E-state index contributed by atoms with van der Waals surface area (Å²) < 4.78 is 26.6. The van der Waals surface area contributed by atoms with Crippen LogP contribution in [0.1, 0.15) is 18.5 Å². The Labute approximate surface area is 171 Å². The molecule has 1 aliphatic carbocycles. The van der Waals surface area contributed by atoms with Gasteiger partial charge in [0.2, 0.25) is 5.95 Å². The molecular weight excluding hydrogens is 393 g/mol. The zero-order valence-corrected chi connectivity index (χ0v) is 16.9. The Morgan fingerprint density at radius 2 is 1.86 bits per heavy atom. The zero-order chi connectivity index (χ0) is 20.0. The van der Waals surface area contributed by atoms with Crippen LogP contribution in [0.3, 0.4) is 0 Å². The Bertz CT molecular complexity index is 960. The molecule has 0 amide bonds. The van der Waals surface area contributed by atoms with E-state index < -0.39 is 10.8 Å². The van der Waals surface area contributed by atoms with Crippen LogP contribution in [0.2, 0.25) is 0 Å². The Hall–Kier alpha value is -2.26. The molecule has 0 radical (unpaired) electrons. The summed E-state index contributed by atoms with van der Waals surface area (Å²) in [7, 11) is -1.10. The summed E-state index contributed by atoms with van der Waals surface area (Å²) in [5.41, 5.74) is 1.12. The molecule has 2 aliphatic heterocycles. The summed E-state index contributed by atoms with van der Waals surface area (Å²) >= 11 is 0. The number of nitrogens with one attached hydrogen (secondary N) is 1. The van der Waals surface area contributed by atoms with Crippen molar-refractivity contribution in [3.63, 3.8) is 0 Å². The second-order valence-electron chi connectivity index (χ2n) is 7.94. The lowest BCUT2D eigenvalue weighted by Crippen LogP contribution is -2.47. The highest BCUT2D eigenvalue weighted by Gasteiger charge is 2.44. The monoisotopic (exact) mass is 417 g/mol. The molecule has 1 unspecified atom stereocenters. The topological polar surface area (TPSA) is 81.6 Å². The van der Waals surface area contributed by atoms with Gasteiger partial charge >= 0.3 is 0 Å². The lowest BCUT2D eigenvalue weighted by atomic mass is 10.2. The number of anilines is 3. The van der Waals surface area contributed by atoms with Gasteiger partial charge in [-0.25, -0.2) is 9.37 Å². The molecule has 1 aromatic carbocycles. The largest absolute Gasteiger partial charge is 0.394 e. The molecule has 5 rings (SSSR count). The second kappa shape index (κ2) is 7.21. The van der Waals surface area contributed by atoms with Crippen LogP contribution in [0.25, 0.3) is 0 Å². The van der Waals surface area contributed by atoms with Crippen molar-refractivity contribution in [2.24, 2.45) is 0 Å². The molecule has 3 aliphatic rings. The van der Waals surface area contributed by atoms with Crippen molar-refractivity contribution in [3.05, 3.63) is 35.8 Å². The van der Waals surface area contributed by atoms with Crippen LogP contribution in [-0.4, -0.2) is 63.4 Å². The number of halogens is 1. The van der Waals surface area contributed by atoms with Crippen molar-refractivity contribution in [1.82, 2.24) is 9.97 Å². The first-order valence-corrected chi connectivity index (χ1v) is 11.3. The van der Waals surface area contributed by atoms with Crippen LogP contribution in [-0.2, 0) is 17.2 Å². The Morgan fingerprint density at radius 1 is 1.14 bits per heavy atom. The van der Waals surface area contributed by atoms with Gasteiger partial charge < -0.3 is 20.2 Å². The third-order valence-electron chi connectivity index (χ3n) is 5.97. The summed E-state index contributed by atoms with van der Waals surface area (Å²) in [5.74, 6) is 1.58. The van der Waals surface area contributed by atoms with Gasteiger partial charge in [0.15, 0.2) is 0 Å². The molecule has 7 nitrogen and oxygen atoms in total. The minimum Gasteiger partial charge on any atom is -0.394 e. The normalized spacial score (nSPS) is 22.5. The Morgan fingerprint density at radius 3 is 2.55 bits per heavy atom. The molecule has 154 valence electrons. The van der Waals surface area contributed by atoms with Gasteiger partial charge in [-0.3, -0.25) is 4.21 Å². The summed E-state index contributed by atoms with van der Waals surface area (Å²) in [6, 6.07) is 6.84. The van der Waals surface area contributed by atoms with Crippen molar-refractivity contribution < 1.29 is 13.7 Å². The summed E-state index contributed by atoms with van der Waals surface area (Å²) in [5, 5.41) is 13.0. The number of para-hydroxylation sites is 1. The number of rotatable bonds is 5. The van der Waals surface area contributed by atoms with E-state index in [2.05, 4.69) is 10.2 Å². The number of benzene rings is 1. The van der Waals surface area contributed by atoms with Gasteiger partial charge in [-0.15, -0.1) is 0 Å². The van der Waals surface area contributed by atoms with E-state index in [4.69, 9.17) is 9.97 Å². The third-order valence-corrected chi connectivity index (χ3v) is 7.43. The fraction of sp³-hybridized carbons (Fsp3) is 0.500. The number of hydrogen-bond acceptors (Lipinski definition) is 7. The number of fused-ring (bicyclic) bond motifs is 1. The van der Waals surface area contributed by atoms with Crippen molar-refractivity contribution in [2.45, 2.75) is 29.7 Å². The smallest absolute Gasteiger partial charge is 0.227 e. The maximum atomic E-state index is 14.1. The van der Waals surface area contributed by atoms with Gasteiger partial charge in [-0.1, -0.05) is 12.1 Å². The number of aryl methyl sites for hydroxylation is 1. The van der Waals surface area contributed by atoms with E-state index in [0.29, 0.717) is 60.7 Å². The summed E-state index contributed by atoms with van der Waals surface area (Å²) in [6.45, 7) is 2.75. The molecule has 2 aromatic rings. The first kappa shape index (κ1) is 18.7. The summed E-state index contributed by atoms with van der Waals surface area (Å²) in [4.78, 5) is 14.3. The molecule has 0 bridgehead atoms. The highest BCUT2D eigenvalue weighted by Crippen LogP contribution is 2.41. The highest BCUT2D eigenvalue weighted by atomic mass is 32.2. The predicted molar refractivity (Wildman–Crippen MR) is 111 cm³/mol. The van der Waals surface area contributed by atoms with E-state index in [0.717, 1.165) is 18.5 Å². The van der Waals surface area contributed by atoms with Crippen LogP contribution >= 0.6 is 0 Å². The van der Waals surface area contributed by atoms with Gasteiger partial charge in [-0.2, -0.15) is 4.98 Å². The van der Waals surface area contributed by atoms with E-state index in [1.807, 2.05) is 11.0 Å². The molecule has 3 heterocycles. The number of aliphatic hydroxyl groups is 1. The standard InChI is InChI=1S/C20H24FN5O2S/c21-14-3-1-2-4-16(14)25-8-10-26(11-9-25)19-22-15-5-12-29(28)17(15)18(23-19)24-20(13-27)6-7-20/h1-4,27H,5-13H2,(H,22,23,24). The molecule has 29 heavy (non-hydrogen) atoms. The fourth-order valence-corrected chi connectivity index (χ4v) is 5.30. The first-order chi connectivity index (χ1) is 14.1. The molecule has 0 spiro atoms. The van der Waals surface area contributed by atoms with Gasteiger partial charge in [0, 0.05) is 38.4 Å². The fourth-order valence-electron chi connectivity index (χ4n) is 3.99. The number of aliphatic hydroxyl groups excluding tert-OH is 1. The lowest BCUT2D eigenvalue weighted by Gasteiger charge is -2.36. The second-order valence-corrected chi connectivity index (χ2v) is 9.44. The van der Waals surface area contributed by atoms with Crippen molar-refractivity contribution in [1.29, 1.82) is 0 Å². The maximum Gasteiger partial charge on any atom is 0.227 e. The van der Waals surface area contributed by atoms with E-state index in [1.54, 1.807) is 12.1 Å². The highest BCUT2D eigenvalue weighted by molar-refractivity contribution is 7.85. The number of hydrogen-bond donors (Lipinski definition) is 2. The zero-order valence-electron chi connectivity index (χ0n) is 16.1. The SMILES string of the molecule is O=S1CCc2nc(N3CCN(c4ccccc4F)CC3)nc(NC3(CO)CC3)c21. The molecular formula is C20H24FN5O2S. The van der Waals surface area contributed by atoms with Gasteiger partial charge in [0.25, 0.3) is 0 Å². The van der Waals surface area contributed by atoms with Crippen LogP contribution < -0.4 is 15.1 Å². The third kappa shape index (κ3) is 3.46. The lowest BCUT2D eigenvalue weighted by molar-refractivity contribution is 0.265. The van der Waals surface area contributed by atoms with Crippen LogP contribution in [0.15, 0.2) is 29.2 Å². The molecule has 2 N–H and O–H groups in total. The molecule has 1 saturated carbocycles. The van der Waals surface area contributed by atoms with E-state index in [-0.39, 0.29) is 18.0 Å². The predicted octanol–water partition coefficient (Wildman–Crippen LogP) is 1.54. The minimum atomic E-state index is -1.10. The molecule has 1 atom stereocenters. The van der Waals surface area contributed by atoms with Gasteiger partial charge in [0.05, 0.1) is 34.3 Å². The Kier molecular flexibility index (Phi) is 4.66. The maximum absolute atomic E-state index is 14.1. The quantitative estimate of drug-likeness (QED) is 0.764. The number of piperazine rings is 1. The van der Waals surface area contributed by atoms with Crippen LogP contribution in [0.4, 0.5) is 21.8 Å². The van der Waals surface area contributed by atoms with E-state index in [1.165, 1.54) is 6.07 Å². The van der Waals surface area contributed by atoms with Crippen molar-refractivity contribution in [3.8, 4) is 0 Å². The average molecular weight is 418 g/mol. The molecule has 2 fully saturated rings. The number of nitrogens with zero attached hydrogens (tertiary/aromatic N) is 4. The minimum absolute atomic E-state index is 0.0368. The average Bonchev–Trinajstić information content (AvgIpc) is 3.42. The van der Waals surface area contributed by atoms with Crippen molar-refractivity contribution in [2.75, 3.05) is 53.7 Å².